The number of ether oxygens (including phenoxy) is 1. The maximum absolute atomic E-state index is 11.9. The molecule has 1 N–H and O–H groups in total. The number of hydrogen-bond donors (Lipinski definition) is 1. The number of esters is 1. The zero-order valence-corrected chi connectivity index (χ0v) is 29.3. The van der Waals surface area contributed by atoms with Crippen molar-refractivity contribution in [2.45, 2.75) is 95.2 Å². The van der Waals surface area contributed by atoms with Crippen molar-refractivity contribution in [2.75, 3.05) is 21.2 Å². The van der Waals surface area contributed by atoms with Crippen LogP contribution in [0.2, 0.25) is 19.6 Å². The van der Waals surface area contributed by atoms with Gasteiger partial charge < -0.3 is 14.5 Å². The Balaban J connectivity index is 0. The molecule has 33 heavy (non-hydrogen) atoms. The SMILES string of the molecule is C=CCCCC/C=[N+](\C)C(C(=O)OC)[Si](C)(C)C.CN1C(C(=O)O)CC2CCCCC21.[Cs+].[F-]. The van der Waals surface area contributed by atoms with E-state index in [1.54, 1.807) is 0 Å². The topological polar surface area (TPSA) is 69.8 Å². The van der Waals surface area contributed by atoms with Gasteiger partial charge in [0.15, 0.2) is 0 Å². The largest absolute Gasteiger partial charge is 1.00 e. The van der Waals surface area contributed by atoms with Crippen LogP contribution in [-0.2, 0) is 14.3 Å². The summed E-state index contributed by atoms with van der Waals surface area (Å²) in [5, 5.41) is 8.99. The van der Waals surface area contributed by atoms with Crippen LogP contribution in [0.1, 0.15) is 57.8 Å². The molecule has 4 unspecified atom stereocenters. The Morgan fingerprint density at radius 3 is 2.27 bits per heavy atom. The molecular formula is C24H45CsFN2O4Si+. The van der Waals surface area contributed by atoms with E-state index in [4.69, 9.17) is 9.84 Å². The molecule has 186 valence electrons. The Morgan fingerprint density at radius 1 is 1.21 bits per heavy atom. The van der Waals surface area contributed by atoms with Crippen LogP contribution in [0.3, 0.4) is 0 Å². The molecule has 0 amide bonds. The zero-order valence-electron chi connectivity index (χ0n) is 22.0. The summed E-state index contributed by atoms with van der Waals surface area (Å²) in [4.78, 5) is 24.9. The fourth-order valence-electron chi connectivity index (χ4n) is 5.03. The molecule has 9 heteroatoms. The first kappa shape index (κ1) is 35.7. The van der Waals surface area contributed by atoms with Gasteiger partial charge in [-0.1, -0.05) is 38.6 Å². The second-order valence-electron chi connectivity index (χ2n) is 10.1. The number of halogens is 1. The van der Waals surface area contributed by atoms with Gasteiger partial charge in [-0.2, -0.15) is 0 Å². The van der Waals surface area contributed by atoms with Crippen LogP contribution in [0.25, 0.3) is 0 Å². The second-order valence-corrected chi connectivity index (χ2v) is 15.4. The van der Waals surface area contributed by atoms with Crippen LogP contribution in [0.5, 0.6) is 0 Å². The third kappa shape index (κ3) is 11.9. The summed E-state index contributed by atoms with van der Waals surface area (Å²) >= 11 is 0. The minimum atomic E-state index is -1.61. The normalized spacial score (nSPS) is 23.6. The minimum absolute atomic E-state index is 0. The number of likely N-dealkylation sites (N-methyl/N-ethyl adjacent to an activating group) is 2. The predicted octanol–water partition coefficient (Wildman–Crippen LogP) is -1.79. The van der Waals surface area contributed by atoms with Gasteiger partial charge in [-0.15, -0.1) is 6.58 Å². The van der Waals surface area contributed by atoms with E-state index in [1.165, 1.54) is 32.8 Å². The number of fused-ring (bicyclic) bond motifs is 1. The molecule has 0 aromatic carbocycles. The number of hydrogen-bond acceptors (Lipinski definition) is 4. The molecule has 0 bridgehead atoms. The Hall–Kier alpha value is 0.509. The van der Waals surface area contributed by atoms with E-state index in [2.05, 4.69) is 37.3 Å². The number of carbonyl (C=O) groups is 2. The van der Waals surface area contributed by atoms with Gasteiger partial charge in [-0.3, -0.25) is 9.69 Å². The van der Waals surface area contributed by atoms with E-state index >= 15 is 0 Å². The van der Waals surface area contributed by atoms with Gasteiger partial charge in [0, 0.05) is 12.5 Å². The van der Waals surface area contributed by atoms with Gasteiger partial charge >= 0.3 is 80.8 Å². The number of carbonyl (C=O) groups excluding carboxylic acids is 1. The Kier molecular flexibility index (Phi) is 19.3. The van der Waals surface area contributed by atoms with Crippen molar-refractivity contribution in [2.24, 2.45) is 5.92 Å². The second kappa shape index (κ2) is 17.9. The fraction of sp³-hybridized carbons (Fsp3) is 0.792. The number of carboxylic acids is 1. The number of rotatable bonds is 9. The van der Waals surface area contributed by atoms with E-state index in [9.17, 15) is 9.59 Å². The minimum Gasteiger partial charge on any atom is -1.00 e. The van der Waals surface area contributed by atoms with Gasteiger partial charge in [0.1, 0.15) is 27.4 Å². The van der Waals surface area contributed by atoms with Gasteiger partial charge in [0.2, 0.25) is 5.67 Å². The van der Waals surface area contributed by atoms with Crippen LogP contribution < -0.4 is 73.6 Å². The first-order valence-electron chi connectivity index (χ1n) is 11.7. The summed E-state index contributed by atoms with van der Waals surface area (Å²) in [5.41, 5.74) is -0.0955. The molecule has 1 saturated carbocycles. The first-order valence-corrected chi connectivity index (χ1v) is 15.3. The third-order valence-electron chi connectivity index (χ3n) is 6.63. The van der Waals surface area contributed by atoms with Crippen molar-refractivity contribution in [3.63, 3.8) is 0 Å². The number of methoxy groups -OCH3 is 1. The van der Waals surface area contributed by atoms with E-state index in [1.807, 2.05) is 24.7 Å². The number of nitrogens with zero attached hydrogens (tertiary/aromatic N) is 2. The number of allylic oxidation sites excluding steroid dienone is 1. The van der Waals surface area contributed by atoms with Crippen LogP contribution >= 0.6 is 0 Å². The maximum Gasteiger partial charge on any atom is 1.00 e. The summed E-state index contributed by atoms with van der Waals surface area (Å²) in [6.45, 7) is 10.3. The summed E-state index contributed by atoms with van der Waals surface area (Å²) in [7, 11) is 3.81. The smallest absolute Gasteiger partial charge is 1.00 e. The molecule has 0 aromatic rings. The van der Waals surface area contributed by atoms with Crippen molar-refractivity contribution in [3.05, 3.63) is 12.7 Å². The van der Waals surface area contributed by atoms with Crippen LogP contribution in [0.4, 0.5) is 0 Å². The molecule has 1 heterocycles. The monoisotopic (exact) mass is 605 g/mol. The quantitative estimate of drug-likeness (QED) is 0.0841. The van der Waals surface area contributed by atoms with E-state index < -0.39 is 14.0 Å². The van der Waals surface area contributed by atoms with Gasteiger partial charge in [-0.05, 0) is 51.5 Å². The Labute approximate surface area is 260 Å². The fourth-order valence-corrected chi connectivity index (χ4v) is 7.19. The first-order chi connectivity index (χ1) is 14.5. The van der Waals surface area contributed by atoms with Gasteiger partial charge in [0.25, 0.3) is 0 Å². The molecule has 1 aliphatic carbocycles. The van der Waals surface area contributed by atoms with Crippen molar-refractivity contribution >= 4 is 26.2 Å². The molecule has 2 rings (SSSR count). The van der Waals surface area contributed by atoms with Gasteiger partial charge in [-0.25, -0.2) is 9.37 Å². The van der Waals surface area contributed by atoms with Crippen LogP contribution in [-0.4, -0.2) is 79.8 Å². The molecule has 1 saturated heterocycles. The number of unbranched alkanes of at least 4 members (excludes halogenated alkanes) is 3. The average molecular weight is 606 g/mol. The van der Waals surface area contributed by atoms with Crippen molar-refractivity contribution < 1.29 is 97.6 Å². The molecule has 2 aliphatic rings. The molecule has 0 spiro atoms. The number of aliphatic carboxylic acids is 1. The summed E-state index contributed by atoms with van der Waals surface area (Å²) in [6, 6.07) is 0.336. The molecule has 0 aromatic heterocycles. The molecule has 4 atom stereocenters. The van der Waals surface area contributed by atoms with E-state index in [0.717, 1.165) is 32.1 Å². The molecule has 1 aliphatic heterocycles. The molecule has 0 radical (unpaired) electrons. The Bertz CT molecular complexity index is 642. The van der Waals surface area contributed by atoms with E-state index in [0.29, 0.717) is 12.0 Å². The predicted molar refractivity (Wildman–Crippen MR) is 130 cm³/mol. The number of carboxylic acid groups (broad SMARTS) is 1. The van der Waals surface area contributed by atoms with Crippen molar-refractivity contribution in [1.29, 1.82) is 0 Å². The molecular weight excluding hydrogens is 560 g/mol. The van der Waals surface area contributed by atoms with Crippen molar-refractivity contribution in [3.8, 4) is 0 Å². The van der Waals surface area contributed by atoms with Crippen LogP contribution in [0, 0.1) is 5.92 Å². The average Bonchev–Trinajstić information content (AvgIpc) is 3.04. The molecule has 6 nitrogen and oxygen atoms in total. The zero-order chi connectivity index (χ0) is 23.6. The molecule has 2 fully saturated rings. The summed E-state index contributed by atoms with van der Waals surface area (Å²) in [5.74, 6) is -0.101. The van der Waals surface area contributed by atoms with Crippen LogP contribution in [0.15, 0.2) is 12.7 Å². The Morgan fingerprint density at radius 2 is 1.79 bits per heavy atom. The maximum atomic E-state index is 11.9. The van der Waals surface area contributed by atoms with Crippen molar-refractivity contribution in [1.82, 2.24) is 4.90 Å². The van der Waals surface area contributed by atoms with E-state index in [-0.39, 0.29) is 91.3 Å². The standard InChI is InChI=1S/C14H28NO2Si.C10H17NO2.Cs.FH/c1-7-8-9-10-11-12-15(2)13(14(16)17-3)18(4,5)6;1-11-8-5-3-2-4-7(8)6-9(11)10(12)13;;/h7,12-13H,1,8-11H2,2-6H3;7-9H,2-6H2,1H3,(H,12,13);;1H/q+1;;+1;/p-1/b15-12+;;;. The number of likely N-dealkylation sites (tertiary alicyclic amines) is 1. The summed E-state index contributed by atoms with van der Waals surface area (Å²) < 4.78 is 6.97. The van der Waals surface area contributed by atoms with Gasteiger partial charge in [0.05, 0.1) is 7.11 Å². The summed E-state index contributed by atoms with van der Waals surface area (Å²) in [6.07, 6.45) is 14.3. The third-order valence-corrected chi connectivity index (χ3v) is 8.91.